The molecular weight excluding hydrogens is 360 g/mol. The first-order valence-electron chi connectivity index (χ1n) is 10.7. The van der Waals surface area contributed by atoms with E-state index in [1.54, 1.807) is 12.4 Å². The van der Waals surface area contributed by atoms with Gasteiger partial charge in [-0.3, -0.25) is 9.78 Å². The first-order chi connectivity index (χ1) is 14.2. The van der Waals surface area contributed by atoms with E-state index >= 15 is 0 Å². The molecule has 4 rings (SSSR count). The van der Waals surface area contributed by atoms with Crippen LogP contribution in [0.15, 0.2) is 55.0 Å². The first kappa shape index (κ1) is 19.6. The minimum Gasteiger partial charge on any atom is -0.353 e. The highest BCUT2D eigenvalue weighted by Gasteiger charge is 2.17. The Hall–Kier alpha value is -2.66. The zero-order valence-electron chi connectivity index (χ0n) is 17.2. The van der Waals surface area contributed by atoms with Gasteiger partial charge in [0.25, 0.3) is 0 Å². The van der Waals surface area contributed by atoms with E-state index in [0.29, 0.717) is 19.1 Å². The number of nitrogens with one attached hydrogen (secondary N) is 1. The van der Waals surface area contributed by atoms with Crippen molar-refractivity contribution in [2.75, 3.05) is 20.1 Å². The zero-order chi connectivity index (χ0) is 20.1. The van der Waals surface area contributed by atoms with E-state index in [4.69, 9.17) is 0 Å². The Bertz CT molecular complexity index is 944. The van der Waals surface area contributed by atoms with Crippen LogP contribution in [0, 0.1) is 0 Å². The summed E-state index contributed by atoms with van der Waals surface area (Å²) in [4.78, 5) is 19.0. The number of rotatable bonds is 7. The van der Waals surface area contributed by atoms with Crippen LogP contribution in [0.2, 0.25) is 0 Å². The maximum Gasteiger partial charge on any atom is 0.239 e. The molecule has 29 heavy (non-hydrogen) atoms. The Morgan fingerprint density at radius 2 is 1.90 bits per heavy atom. The molecule has 5 heteroatoms. The van der Waals surface area contributed by atoms with Crippen LogP contribution in [0.3, 0.4) is 0 Å². The number of benzene rings is 1. The second-order valence-corrected chi connectivity index (χ2v) is 8.08. The highest BCUT2D eigenvalue weighted by molar-refractivity contribution is 5.87. The molecule has 0 aliphatic heterocycles. The second-order valence-electron chi connectivity index (χ2n) is 8.08. The summed E-state index contributed by atoms with van der Waals surface area (Å²) in [5, 5.41) is 4.24. The van der Waals surface area contributed by atoms with Gasteiger partial charge in [0.05, 0.1) is 0 Å². The van der Waals surface area contributed by atoms with E-state index in [0.717, 1.165) is 28.6 Å². The lowest BCUT2D eigenvalue weighted by atomic mass is 9.94. The molecule has 152 valence electrons. The Labute approximate surface area is 172 Å². The summed E-state index contributed by atoms with van der Waals surface area (Å²) < 4.78 is 2.03. The van der Waals surface area contributed by atoms with Crippen molar-refractivity contribution >= 4 is 16.8 Å². The van der Waals surface area contributed by atoms with Gasteiger partial charge in [0, 0.05) is 43.2 Å². The molecule has 2 heterocycles. The third-order valence-electron chi connectivity index (χ3n) is 6.09. The quantitative estimate of drug-likeness (QED) is 0.661. The molecule has 0 unspecified atom stereocenters. The van der Waals surface area contributed by atoms with Gasteiger partial charge in [-0.2, -0.15) is 0 Å². The normalized spacial score (nSPS) is 15.1. The molecule has 0 spiro atoms. The van der Waals surface area contributed by atoms with Crippen molar-refractivity contribution in [2.24, 2.45) is 0 Å². The van der Waals surface area contributed by atoms with E-state index in [-0.39, 0.29) is 5.91 Å². The van der Waals surface area contributed by atoms with Gasteiger partial charge in [-0.05, 0) is 60.7 Å². The molecule has 0 atom stereocenters. The number of pyridine rings is 1. The van der Waals surface area contributed by atoms with Crippen LogP contribution in [0.4, 0.5) is 0 Å². The number of likely N-dealkylation sites (N-methyl/N-ethyl adjacent to an activating group) is 1. The van der Waals surface area contributed by atoms with Crippen molar-refractivity contribution in [1.29, 1.82) is 0 Å². The minimum absolute atomic E-state index is 0.0638. The summed E-state index contributed by atoms with van der Waals surface area (Å²) in [6.45, 7) is 1.96. The molecule has 1 saturated carbocycles. The monoisotopic (exact) mass is 390 g/mol. The van der Waals surface area contributed by atoms with Crippen molar-refractivity contribution in [3.05, 3.63) is 55.0 Å². The molecule has 1 aliphatic rings. The highest BCUT2D eigenvalue weighted by Crippen LogP contribution is 2.25. The number of fused-ring (bicyclic) bond motifs is 1. The lowest BCUT2D eigenvalue weighted by Crippen LogP contribution is -2.40. The van der Waals surface area contributed by atoms with Crippen molar-refractivity contribution in [3.8, 4) is 11.1 Å². The molecular formula is C24H30N4O. The van der Waals surface area contributed by atoms with Crippen LogP contribution in [0.5, 0.6) is 0 Å². The number of carbonyl (C=O) groups is 1. The second kappa shape index (κ2) is 9.23. The topological polar surface area (TPSA) is 50.2 Å². The molecule has 2 aromatic heterocycles. The summed E-state index contributed by atoms with van der Waals surface area (Å²) in [5.74, 6) is 0.0638. The Morgan fingerprint density at radius 1 is 1.10 bits per heavy atom. The number of aromatic nitrogens is 2. The molecule has 1 amide bonds. The lowest BCUT2D eigenvalue weighted by molar-refractivity contribution is -0.121. The molecule has 1 fully saturated rings. The SMILES string of the molecule is CN(CCNC(=O)Cn1ccc2ccc(-c3ccncc3)cc21)C1CCCCC1. The summed E-state index contributed by atoms with van der Waals surface area (Å²) in [6, 6.07) is 13.1. The van der Waals surface area contributed by atoms with E-state index in [2.05, 4.69) is 46.5 Å². The fraction of sp³-hybridized carbons (Fsp3) is 0.417. The van der Waals surface area contributed by atoms with Gasteiger partial charge in [0.1, 0.15) is 6.54 Å². The predicted molar refractivity (Wildman–Crippen MR) is 118 cm³/mol. The predicted octanol–water partition coefficient (Wildman–Crippen LogP) is 4.08. The molecule has 3 aromatic rings. The van der Waals surface area contributed by atoms with Gasteiger partial charge in [0.2, 0.25) is 5.91 Å². The molecule has 0 saturated heterocycles. The summed E-state index contributed by atoms with van der Waals surface area (Å²) in [7, 11) is 2.18. The number of nitrogens with zero attached hydrogens (tertiary/aromatic N) is 3. The van der Waals surface area contributed by atoms with Gasteiger partial charge in [-0.25, -0.2) is 0 Å². The Kier molecular flexibility index (Phi) is 6.25. The first-order valence-corrected chi connectivity index (χ1v) is 10.7. The highest BCUT2D eigenvalue weighted by atomic mass is 16.1. The smallest absolute Gasteiger partial charge is 0.239 e. The maximum absolute atomic E-state index is 12.5. The standard InChI is InChI=1S/C24H30N4O/c1-27(22-5-3-2-4-6-22)16-14-26-24(29)18-28-15-11-20-7-8-21(17-23(20)28)19-9-12-25-13-10-19/h7-13,15,17,22H,2-6,14,16,18H2,1H3,(H,26,29). The fourth-order valence-electron chi connectivity index (χ4n) is 4.33. The largest absolute Gasteiger partial charge is 0.353 e. The molecule has 1 N–H and O–H groups in total. The third kappa shape index (κ3) is 4.85. The zero-order valence-corrected chi connectivity index (χ0v) is 17.2. The van der Waals surface area contributed by atoms with Crippen LogP contribution in [-0.2, 0) is 11.3 Å². The minimum atomic E-state index is 0.0638. The van der Waals surface area contributed by atoms with Gasteiger partial charge in [-0.1, -0.05) is 31.4 Å². The lowest BCUT2D eigenvalue weighted by Gasteiger charge is -2.31. The summed E-state index contributed by atoms with van der Waals surface area (Å²) >= 11 is 0. The molecule has 1 aromatic carbocycles. The van der Waals surface area contributed by atoms with E-state index < -0.39 is 0 Å². The van der Waals surface area contributed by atoms with Crippen molar-refractivity contribution < 1.29 is 4.79 Å². The molecule has 5 nitrogen and oxygen atoms in total. The molecule has 0 bridgehead atoms. The van der Waals surface area contributed by atoms with E-state index in [1.807, 2.05) is 22.9 Å². The van der Waals surface area contributed by atoms with Crippen molar-refractivity contribution in [1.82, 2.24) is 19.8 Å². The number of carbonyl (C=O) groups excluding carboxylic acids is 1. The van der Waals surface area contributed by atoms with Gasteiger partial charge >= 0.3 is 0 Å². The van der Waals surface area contributed by atoms with Crippen LogP contribution in [-0.4, -0.2) is 46.5 Å². The fourth-order valence-corrected chi connectivity index (χ4v) is 4.33. The van der Waals surface area contributed by atoms with E-state index in [9.17, 15) is 4.79 Å². The number of amides is 1. The average molecular weight is 391 g/mol. The van der Waals surface area contributed by atoms with Crippen LogP contribution < -0.4 is 5.32 Å². The molecule has 1 aliphatic carbocycles. The Morgan fingerprint density at radius 3 is 2.69 bits per heavy atom. The van der Waals surface area contributed by atoms with Gasteiger partial charge in [-0.15, -0.1) is 0 Å². The number of hydrogen-bond donors (Lipinski definition) is 1. The van der Waals surface area contributed by atoms with Crippen molar-refractivity contribution in [2.45, 2.75) is 44.7 Å². The third-order valence-corrected chi connectivity index (χ3v) is 6.09. The number of hydrogen-bond acceptors (Lipinski definition) is 3. The maximum atomic E-state index is 12.5. The Balaban J connectivity index is 1.35. The van der Waals surface area contributed by atoms with Gasteiger partial charge in [0.15, 0.2) is 0 Å². The van der Waals surface area contributed by atoms with Crippen LogP contribution >= 0.6 is 0 Å². The van der Waals surface area contributed by atoms with Crippen molar-refractivity contribution in [3.63, 3.8) is 0 Å². The summed E-state index contributed by atoms with van der Waals surface area (Å²) in [6.07, 6.45) is 12.2. The van der Waals surface area contributed by atoms with E-state index in [1.165, 1.54) is 32.1 Å². The van der Waals surface area contributed by atoms with Crippen LogP contribution in [0.1, 0.15) is 32.1 Å². The average Bonchev–Trinajstić information content (AvgIpc) is 3.17. The summed E-state index contributed by atoms with van der Waals surface area (Å²) in [5.41, 5.74) is 3.34. The van der Waals surface area contributed by atoms with Gasteiger partial charge < -0.3 is 14.8 Å². The molecule has 0 radical (unpaired) electrons. The van der Waals surface area contributed by atoms with Crippen LogP contribution in [0.25, 0.3) is 22.0 Å².